The predicted molar refractivity (Wildman–Crippen MR) is 65.9 cm³/mol. The van der Waals surface area contributed by atoms with Crippen LogP contribution in [0.2, 0.25) is 0 Å². The van der Waals surface area contributed by atoms with E-state index in [1.807, 2.05) is 0 Å². The second kappa shape index (κ2) is 4.94. The molecule has 0 fully saturated rings. The average molecular weight is 338 g/mol. The first-order valence-electron chi connectivity index (χ1n) is 4.79. The van der Waals surface area contributed by atoms with Crippen molar-refractivity contribution in [2.45, 2.75) is 12.7 Å². The molecule has 8 heteroatoms. The molecule has 0 saturated carbocycles. The van der Waals surface area contributed by atoms with Gasteiger partial charge in [0.15, 0.2) is 5.69 Å². The number of hydrogen-bond acceptors (Lipinski definition) is 4. The van der Waals surface area contributed by atoms with Gasteiger partial charge in [0.25, 0.3) is 0 Å². The minimum absolute atomic E-state index is 0.0254. The molecular formula is C10H7BrF3N3S. The number of aromatic nitrogens is 2. The Morgan fingerprint density at radius 3 is 2.56 bits per heavy atom. The minimum Gasteiger partial charge on any atom is -0.326 e. The van der Waals surface area contributed by atoms with Crippen molar-refractivity contribution in [3.8, 4) is 10.6 Å². The highest BCUT2D eigenvalue weighted by Crippen LogP contribution is 2.37. The monoisotopic (exact) mass is 337 g/mol. The fraction of sp³-hybridized carbons (Fsp3) is 0.200. The molecule has 2 rings (SSSR count). The molecule has 2 N–H and O–H groups in total. The van der Waals surface area contributed by atoms with Gasteiger partial charge in [0.1, 0.15) is 5.01 Å². The first kappa shape index (κ1) is 13.4. The molecule has 0 aliphatic carbocycles. The Morgan fingerprint density at radius 1 is 1.33 bits per heavy atom. The summed E-state index contributed by atoms with van der Waals surface area (Å²) < 4.78 is 38.8. The number of alkyl halides is 3. The lowest BCUT2D eigenvalue weighted by atomic mass is 10.3. The van der Waals surface area contributed by atoms with E-state index in [2.05, 4.69) is 25.9 Å². The number of hydrogen-bond donors (Lipinski definition) is 1. The van der Waals surface area contributed by atoms with Crippen molar-refractivity contribution in [3.63, 3.8) is 0 Å². The third-order valence-corrected chi connectivity index (χ3v) is 3.66. The van der Waals surface area contributed by atoms with Gasteiger partial charge in [-0.3, -0.25) is 4.98 Å². The van der Waals surface area contributed by atoms with Crippen LogP contribution in [-0.4, -0.2) is 9.97 Å². The molecule has 0 bridgehead atoms. The van der Waals surface area contributed by atoms with E-state index in [9.17, 15) is 13.2 Å². The van der Waals surface area contributed by atoms with Crippen LogP contribution >= 0.6 is 27.3 Å². The Balaban J connectivity index is 2.51. The smallest absolute Gasteiger partial charge is 0.326 e. The quantitative estimate of drug-likeness (QED) is 0.913. The molecule has 96 valence electrons. The van der Waals surface area contributed by atoms with Gasteiger partial charge in [0, 0.05) is 29.0 Å². The third kappa shape index (κ3) is 2.70. The summed E-state index contributed by atoms with van der Waals surface area (Å²) >= 11 is 4.14. The summed E-state index contributed by atoms with van der Waals surface area (Å²) in [5, 5.41) is 0.261. The zero-order valence-corrected chi connectivity index (χ0v) is 11.2. The van der Waals surface area contributed by atoms with Crippen molar-refractivity contribution in [1.82, 2.24) is 9.97 Å². The minimum atomic E-state index is -4.48. The van der Waals surface area contributed by atoms with Crippen LogP contribution in [0.25, 0.3) is 10.6 Å². The van der Waals surface area contributed by atoms with Crippen LogP contribution in [0.5, 0.6) is 0 Å². The number of thiazole rings is 1. The van der Waals surface area contributed by atoms with E-state index in [0.717, 1.165) is 11.3 Å². The summed E-state index contributed by atoms with van der Waals surface area (Å²) in [4.78, 5) is 7.54. The molecule has 0 unspecified atom stereocenters. The van der Waals surface area contributed by atoms with Gasteiger partial charge in [0.2, 0.25) is 0 Å². The van der Waals surface area contributed by atoms with Crippen molar-refractivity contribution >= 4 is 27.3 Å². The van der Waals surface area contributed by atoms with Gasteiger partial charge in [-0.15, -0.1) is 11.3 Å². The Morgan fingerprint density at radius 2 is 2.06 bits per heavy atom. The largest absolute Gasteiger partial charge is 0.434 e. The van der Waals surface area contributed by atoms with Crippen LogP contribution in [-0.2, 0) is 12.7 Å². The second-order valence-electron chi connectivity index (χ2n) is 3.38. The normalized spacial score (nSPS) is 11.8. The topological polar surface area (TPSA) is 51.8 Å². The summed E-state index contributed by atoms with van der Waals surface area (Å²) in [6.45, 7) is -0.187. The fourth-order valence-corrected chi connectivity index (χ4v) is 2.67. The lowest BCUT2D eigenvalue weighted by Gasteiger charge is -2.03. The van der Waals surface area contributed by atoms with Crippen LogP contribution in [0.4, 0.5) is 13.2 Å². The van der Waals surface area contributed by atoms with Gasteiger partial charge in [-0.25, -0.2) is 4.98 Å². The maximum Gasteiger partial charge on any atom is 0.434 e. The first-order chi connectivity index (χ1) is 8.41. The Labute approximate surface area is 113 Å². The Hall–Kier alpha value is -0.990. The summed E-state index contributed by atoms with van der Waals surface area (Å²) in [5.74, 6) is 0. The van der Waals surface area contributed by atoms with Crippen molar-refractivity contribution in [1.29, 1.82) is 0 Å². The standard InChI is InChI=1S/C10H7BrF3N3S/c11-6-1-5(3-16-4-6)9-17-8(10(12,13)14)7(2-15)18-9/h1,3-4H,2,15H2. The van der Waals surface area contributed by atoms with E-state index in [4.69, 9.17) is 5.73 Å². The van der Waals surface area contributed by atoms with Gasteiger partial charge >= 0.3 is 6.18 Å². The molecule has 2 aromatic rings. The maximum atomic E-state index is 12.7. The fourth-order valence-electron chi connectivity index (χ4n) is 1.36. The van der Waals surface area contributed by atoms with E-state index in [1.165, 1.54) is 6.20 Å². The van der Waals surface area contributed by atoms with Crippen molar-refractivity contribution in [2.75, 3.05) is 0 Å². The molecule has 3 nitrogen and oxygen atoms in total. The SMILES string of the molecule is NCc1sc(-c2cncc(Br)c2)nc1C(F)(F)F. The van der Waals surface area contributed by atoms with Crippen LogP contribution in [0.15, 0.2) is 22.9 Å². The second-order valence-corrected chi connectivity index (χ2v) is 5.38. The summed E-state index contributed by atoms with van der Waals surface area (Å²) in [6.07, 6.45) is -1.47. The summed E-state index contributed by atoms with van der Waals surface area (Å²) in [5.41, 5.74) is 4.93. The van der Waals surface area contributed by atoms with Gasteiger partial charge in [-0.05, 0) is 22.0 Å². The van der Waals surface area contributed by atoms with Crippen molar-refractivity contribution in [3.05, 3.63) is 33.5 Å². The lowest BCUT2D eigenvalue weighted by molar-refractivity contribution is -0.141. The van der Waals surface area contributed by atoms with Gasteiger partial charge in [0.05, 0.1) is 4.88 Å². The molecular weight excluding hydrogens is 331 g/mol. The third-order valence-electron chi connectivity index (χ3n) is 2.10. The predicted octanol–water partition coefficient (Wildman–Crippen LogP) is 3.45. The molecule has 0 saturated heterocycles. The Kier molecular flexibility index (Phi) is 3.69. The molecule has 0 aliphatic rings. The zero-order chi connectivity index (χ0) is 13.3. The van der Waals surface area contributed by atoms with Gasteiger partial charge in [-0.2, -0.15) is 13.2 Å². The van der Waals surface area contributed by atoms with Crippen molar-refractivity contribution < 1.29 is 13.2 Å². The molecule has 0 atom stereocenters. The van der Waals surface area contributed by atoms with E-state index in [0.29, 0.717) is 10.0 Å². The average Bonchev–Trinajstić information content (AvgIpc) is 2.72. The highest BCUT2D eigenvalue weighted by Gasteiger charge is 2.37. The molecule has 0 aromatic carbocycles. The van der Waals surface area contributed by atoms with Crippen LogP contribution in [0, 0.1) is 0 Å². The Bertz CT molecular complexity index is 568. The van der Waals surface area contributed by atoms with Gasteiger partial charge in [-0.1, -0.05) is 0 Å². The number of rotatable bonds is 2. The molecule has 0 radical (unpaired) electrons. The zero-order valence-electron chi connectivity index (χ0n) is 8.83. The van der Waals surface area contributed by atoms with Crippen LogP contribution in [0.1, 0.15) is 10.6 Å². The highest BCUT2D eigenvalue weighted by atomic mass is 79.9. The summed E-state index contributed by atoms with van der Waals surface area (Å²) in [7, 11) is 0. The van der Waals surface area contributed by atoms with E-state index in [-0.39, 0.29) is 16.4 Å². The highest BCUT2D eigenvalue weighted by molar-refractivity contribution is 9.10. The summed E-state index contributed by atoms with van der Waals surface area (Å²) in [6, 6.07) is 1.66. The van der Waals surface area contributed by atoms with E-state index < -0.39 is 11.9 Å². The molecule has 0 spiro atoms. The van der Waals surface area contributed by atoms with Crippen LogP contribution < -0.4 is 5.73 Å². The molecule has 2 heterocycles. The number of nitrogens with two attached hydrogens (primary N) is 1. The van der Waals surface area contributed by atoms with Gasteiger partial charge < -0.3 is 5.73 Å². The first-order valence-corrected chi connectivity index (χ1v) is 6.40. The number of nitrogens with zero attached hydrogens (tertiary/aromatic N) is 2. The molecule has 0 aliphatic heterocycles. The molecule has 2 aromatic heterocycles. The molecule has 0 amide bonds. The number of halogens is 4. The van der Waals surface area contributed by atoms with Crippen LogP contribution in [0.3, 0.4) is 0 Å². The van der Waals surface area contributed by atoms with E-state index in [1.54, 1.807) is 12.3 Å². The lowest BCUT2D eigenvalue weighted by Crippen LogP contribution is -2.10. The molecule has 18 heavy (non-hydrogen) atoms. The van der Waals surface area contributed by atoms with Crippen molar-refractivity contribution in [2.24, 2.45) is 5.73 Å². The maximum absolute atomic E-state index is 12.7. The number of pyridine rings is 1. The van der Waals surface area contributed by atoms with E-state index >= 15 is 0 Å².